The maximum absolute atomic E-state index is 12.7. The molecule has 0 amide bonds. The van der Waals surface area contributed by atoms with Gasteiger partial charge in [0.15, 0.2) is 0 Å². The second-order valence-electron chi connectivity index (χ2n) is 5.15. The topological polar surface area (TPSA) is 29.3 Å². The molecule has 0 aromatic heterocycles. The minimum absolute atomic E-state index is 0. The van der Waals surface area contributed by atoms with Crippen LogP contribution >= 0.6 is 24.0 Å². The molecule has 114 valence electrons. The Kier molecular flexibility index (Phi) is 5.72. The molecule has 0 radical (unpaired) electrons. The maximum atomic E-state index is 12.7. The molecule has 0 spiro atoms. The highest BCUT2D eigenvalue weighted by Crippen LogP contribution is 2.35. The van der Waals surface area contributed by atoms with Crippen molar-refractivity contribution < 1.29 is 13.2 Å². The fourth-order valence-corrected chi connectivity index (χ4v) is 2.60. The monoisotopic (exact) mass is 328 g/mol. The molecule has 2 N–H and O–H groups in total. The Hall–Kier alpha value is -0.490. The van der Waals surface area contributed by atoms with Gasteiger partial charge in [-0.15, -0.1) is 12.4 Å². The normalized spacial score (nSPS) is 23.7. The van der Waals surface area contributed by atoms with Gasteiger partial charge < -0.3 is 5.73 Å². The minimum atomic E-state index is -4.41. The van der Waals surface area contributed by atoms with Crippen LogP contribution in [-0.4, -0.2) is 24.0 Å². The van der Waals surface area contributed by atoms with Crippen LogP contribution in [0.15, 0.2) is 18.2 Å². The molecule has 2 unspecified atom stereocenters. The van der Waals surface area contributed by atoms with Gasteiger partial charge >= 0.3 is 6.18 Å². The second kappa shape index (κ2) is 6.52. The van der Waals surface area contributed by atoms with Crippen LogP contribution in [0, 0.1) is 5.92 Å². The first kappa shape index (κ1) is 17.6. The molecule has 1 aromatic rings. The fraction of sp³-hybridized carbons (Fsp3) is 0.538. The lowest BCUT2D eigenvalue weighted by molar-refractivity contribution is -0.137. The van der Waals surface area contributed by atoms with Crippen molar-refractivity contribution in [2.75, 3.05) is 13.1 Å². The molecule has 2 nitrogen and oxygen atoms in total. The molecule has 0 bridgehead atoms. The Morgan fingerprint density at radius 2 is 2.00 bits per heavy atom. The molecular weight excluding hydrogens is 312 g/mol. The number of halogens is 5. The van der Waals surface area contributed by atoms with E-state index in [1.54, 1.807) is 6.07 Å². The predicted molar refractivity (Wildman–Crippen MR) is 76.1 cm³/mol. The number of hydrogen-bond acceptors (Lipinski definition) is 2. The Labute approximate surface area is 127 Å². The van der Waals surface area contributed by atoms with E-state index in [0.717, 1.165) is 12.6 Å². The van der Waals surface area contributed by atoms with Crippen LogP contribution in [0.4, 0.5) is 13.2 Å². The number of rotatable bonds is 2. The van der Waals surface area contributed by atoms with E-state index in [4.69, 9.17) is 17.3 Å². The number of nitrogens with two attached hydrogens (primary N) is 1. The van der Waals surface area contributed by atoms with E-state index in [-0.39, 0.29) is 23.5 Å². The Bertz CT molecular complexity index is 455. The van der Waals surface area contributed by atoms with Crippen LogP contribution in [0.2, 0.25) is 5.02 Å². The molecule has 20 heavy (non-hydrogen) atoms. The van der Waals surface area contributed by atoms with Crippen molar-refractivity contribution in [3.8, 4) is 0 Å². The second-order valence-corrected chi connectivity index (χ2v) is 5.55. The molecule has 7 heteroatoms. The zero-order chi connectivity index (χ0) is 14.2. The highest BCUT2D eigenvalue weighted by molar-refractivity contribution is 6.31. The SMILES string of the molecule is CC1CN(Cc2ccc(Cl)c(C(F)(F)F)c2)CC1N.Cl. The zero-order valence-corrected chi connectivity index (χ0v) is 12.5. The van der Waals surface area contributed by atoms with E-state index in [2.05, 4.69) is 4.90 Å². The van der Waals surface area contributed by atoms with Crippen LogP contribution < -0.4 is 5.73 Å². The van der Waals surface area contributed by atoms with Crippen LogP contribution in [0.3, 0.4) is 0 Å². The summed E-state index contributed by atoms with van der Waals surface area (Å²) >= 11 is 5.59. The van der Waals surface area contributed by atoms with Gasteiger partial charge in [-0.05, 0) is 23.6 Å². The summed E-state index contributed by atoms with van der Waals surface area (Å²) in [5, 5.41) is -0.261. The van der Waals surface area contributed by atoms with Crippen molar-refractivity contribution in [2.45, 2.75) is 25.7 Å². The van der Waals surface area contributed by atoms with Crippen molar-refractivity contribution in [2.24, 2.45) is 11.7 Å². The van der Waals surface area contributed by atoms with Gasteiger partial charge in [0.05, 0.1) is 10.6 Å². The van der Waals surface area contributed by atoms with Crippen molar-refractivity contribution in [3.63, 3.8) is 0 Å². The lowest BCUT2D eigenvalue weighted by atomic mass is 10.1. The van der Waals surface area contributed by atoms with Crippen molar-refractivity contribution in [1.29, 1.82) is 0 Å². The van der Waals surface area contributed by atoms with E-state index >= 15 is 0 Å². The Morgan fingerprint density at radius 1 is 1.35 bits per heavy atom. The Morgan fingerprint density at radius 3 is 2.50 bits per heavy atom. The molecule has 1 saturated heterocycles. The van der Waals surface area contributed by atoms with E-state index in [9.17, 15) is 13.2 Å². The quantitative estimate of drug-likeness (QED) is 0.899. The molecule has 1 aromatic carbocycles. The van der Waals surface area contributed by atoms with E-state index in [0.29, 0.717) is 24.6 Å². The summed E-state index contributed by atoms with van der Waals surface area (Å²) in [5.41, 5.74) is 5.74. The predicted octanol–water partition coefficient (Wildman–Crippen LogP) is 3.56. The number of nitrogens with zero attached hydrogens (tertiary/aromatic N) is 1. The fourth-order valence-electron chi connectivity index (χ4n) is 2.37. The molecule has 2 atom stereocenters. The van der Waals surface area contributed by atoms with Gasteiger partial charge in [-0.1, -0.05) is 24.6 Å². The molecular formula is C13H17Cl2F3N2. The van der Waals surface area contributed by atoms with Crippen molar-refractivity contribution >= 4 is 24.0 Å². The summed E-state index contributed by atoms with van der Waals surface area (Å²) in [5.74, 6) is 0.370. The van der Waals surface area contributed by atoms with E-state index in [1.165, 1.54) is 6.07 Å². The summed E-state index contributed by atoms with van der Waals surface area (Å²) in [6.07, 6.45) is -4.41. The number of likely N-dealkylation sites (tertiary alicyclic amines) is 1. The standard InChI is InChI=1S/C13H16ClF3N2.ClH/c1-8-5-19(7-12(8)18)6-9-2-3-11(14)10(4-9)13(15,16)17;/h2-4,8,12H,5-7,18H2,1H3;1H. The first-order chi connectivity index (χ1) is 8.77. The van der Waals surface area contributed by atoms with Gasteiger partial charge in [-0.25, -0.2) is 0 Å². The highest BCUT2D eigenvalue weighted by Gasteiger charge is 2.33. The van der Waals surface area contributed by atoms with E-state index in [1.807, 2.05) is 6.92 Å². The van der Waals surface area contributed by atoms with Crippen LogP contribution in [0.25, 0.3) is 0 Å². The first-order valence-corrected chi connectivity index (χ1v) is 6.48. The van der Waals surface area contributed by atoms with Crippen LogP contribution in [0.1, 0.15) is 18.1 Å². The number of alkyl halides is 3. The van der Waals surface area contributed by atoms with Crippen LogP contribution in [0.5, 0.6) is 0 Å². The lowest BCUT2D eigenvalue weighted by Crippen LogP contribution is -2.28. The molecule has 0 aliphatic carbocycles. The summed E-state index contributed by atoms with van der Waals surface area (Å²) in [4.78, 5) is 2.07. The molecule has 2 rings (SSSR count). The highest BCUT2D eigenvalue weighted by atomic mass is 35.5. The lowest BCUT2D eigenvalue weighted by Gasteiger charge is -2.17. The number of benzene rings is 1. The summed E-state index contributed by atoms with van der Waals surface area (Å²) in [6, 6.07) is 4.15. The summed E-state index contributed by atoms with van der Waals surface area (Å²) in [6.45, 7) is 4.04. The van der Waals surface area contributed by atoms with Gasteiger partial charge in [-0.3, -0.25) is 4.90 Å². The third-order valence-electron chi connectivity index (χ3n) is 3.49. The van der Waals surface area contributed by atoms with Gasteiger partial charge in [0.25, 0.3) is 0 Å². The van der Waals surface area contributed by atoms with Gasteiger partial charge in [0.1, 0.15) is 0 Å². The first-order valence-electron chi connectivity index (χ1n) is 6.11. The summed E-state index contributed by atoms with van der Waals surface area (Å²) in [7, 11) is 0. The number of hydrogen-bond donors (Lipinski definition) is 1. The smallest absolute Gasteiger partial charge is 0.326 e. The zero-order valence-electron chi connectivity index (χ0n) is 11.0. The average molecular weight is 329 g/mol. The maximum Gasteiger partial charge on any atom is 0.417 e. The average Bonchev–Trinajstić information content (AvgIpc) is 2.59. The third-order valence-corrected chi connectivity index (χ3v) is 3.82. The van der Waals surface area contributed by atoms with Crippen molar-refractivity contribution in [3.05, 3.63) is 34.3 Å². The third kappa shape index (κ3) is 4.01. The minimum Gasteiger partial charge on any atom is -0.326 e. The van der Waals surface area contributed by atoms with Crippen molar-refractivity contribution in [1.82, 2.24) is 4.90 Å². The van der Waals surface area contributed by atoms with Gasteiger partial charge in [0.2, 0.25) is 0 Å². The van der Waals surface area contributed by atoms with Gasteiger partial charge in [0, 0.05) is 25.7 Å². The summed E-state index contributed by atoms with van der Waals surface area (Å²) < 4.78 is 38.2. The molecule has 1 heterocycles. The molecule has 1 aliphatic rings. The van der Waals surface area contributed by atoms with Crippen LogP contribution in [-0.2, 0) is 12.7 Å². The Balaban J connectivity index is 0.00000200. The molecule has 0 saturated carbocycles. The molecule has 1 fully saturated rings. The molecule has 1 aliphatic heterocycles. The largest absolute Gasteiger partial charge is 0.417 e. The van der Waals surface area contributed by atoms with Gasteiger partial charge in [-0.2, -0.15) is 13.2 Å². The van der Waals surface area contributed by atoms with E-state index < -0.39 is 11.7 Å².